The Morgan fingerprint density at radius 1 is 1.43 bits per heavy atom. The van der Waals surface area contributed by atoms with Crippen LogP contribution in [0.4, 0.5) is 0 Å². The van der Waals surface area contributed by atoms with Gasteiger partial charge in [-0.25, -0.2) is 0 Å². The first kappa shape index (κ1) is 17.8. The number of carbonyl (C=O) groups is 1. The van der Waals surface area contributed by atoms with Crippen molar-refractivity contribution in [2.75, 3.05) is 33.9 Å². The molecule has 6 heteroatoms. The van der Waals surface area contributed by atoms with Gasteiger partial charge in [-0.05, 0) is 37.6 Å². The summed E-state index contributed by atoms with van der Waals surface area (Å²) in [5.74, 6) is 0.594. The van der Waals surface area contributed by atoms with Crippen molar-refractivity contribution < 1.29 is 14.3 Å². The van der Waals surface area contributed by atoms with Crippen molar-refractivity contribution >= 4 is 18.3 Å². The van der Waals surface area contributed by atoms with Crippen molar-refractivity contribution in [3.8, 4) is 5.75 Å². The molecular formula is C15H23ClN2O3. The van der Waals surface area contributed by atoms with E-state index in [9.17, 15) is 4.79 Å². The lowest BCUT2D eigenvalue weighted by Crippen LogP contribution is -2.52. The van der Waals surface area contributed by atoms with Crippen LogP contribution in [0, 0.1) is 0 Å². The summed E-state index contributed by atoms with van der Waals surface area (Å²) in [4.78, 5) is 12.2. The van der Waals surface area contributed by atoms with Crippen LogP contribution in [0.3, 0.4) is 0 Å². The number of amides is 1. The van der Waals surface area contributed by atoms with Gasteiger partial charge in [0.1, 0.15) is 5.75 Å². The molecule has 5 nitrogen and oxygen atoms in total. The van der Waals surface area contributed by atoms with Crippen LogP contribution in [-0.2, 0) is 4.74 Å². The number of hydrogen-bond acceptors (Lipinski definition) is 4. The summed E-state index contributed by atoms with van der Waals surface area (Å²) >= 11 is 0. The first-order valence-electron chi connectivity index (χ1n) is 6.85. The van der Waals surface area contributed by atoms with Gasteiger partial charge < -0.3 is 20.1 Å². The van der Waals surface area contributed by atoms with E-state index >= 15 is 0 Å². The number of halogens is 1. The maximum Gasteiger partial charge on any atom is 0.251 e. The SMILES string of the molecule is COCC1(CNC(=O)c2cccc(OC)c2)CCCN1.Cl. The van der Waals surface area contributed by atoms with Crippen molar-refractivity contribution in [3.05, 3.63) is 29.8 Å². The van der Waals surface area contributed by atoms with Crippen LogP contribution in [0.2, 0.25) is 0 Å². The van der Waals surface area contributed by atoms with E-state index in [1.807, 2.05) is 12.1 Å². The van der Waals surface area contributed by atoms with Crippen LogP contribution in [0.25, 0.3) is 0 Å². The fraction of sp³-hybridized carbons (Fsp3) is 0.533. The molecule has 2 rings (SSSR count). The summed E-state index contributed by atoms with van der Waals surface area (Å²) in [6.45, 7) is 2.14. The van der Waals surface area contributed by atoms with Crippen LogP contribution >= 0.6 is 12.4 Å². The molecule has 2 N–H and O–H groups in total. The van der Waals surface area contributed by atoms with Gasteiger partial charge >= 0.3 is 0 Å². The van der Waals surface area contributed by atoms with E-state index in [2.05, 4.69) is 10.6 Å². The number of carbonyl (C=O) groups excluding carboxylic acids is 1. The Labute approximate surface area is 131 Å². The van der Waals surface area contributed by atoms with E-state index in [1.165, 1.54) is 0 Å². The molecule has 0 radical (unpaired) electrons. The van der Waals surface area contributed by atoms with E-state index in [0.29, 0.717) is 24.5 Å². The Balaban J connectivity index is 0.00000220. The Morgan fingerprint density at radius 3 is 2.86 bits per heavy atom. The molecule has 21 heavy (non-hydrogen) atoms. The third kappa shape index (κ3) is 4.59. The maximum atomic E-state index is 12.2. The van der Waals surface area contributed by atoms with E-state index < -0.39 is 0 Å². The summed E-state index contributed by atoms with van der Waals surface area (Å²) < 4.78 is 10.4. The van der Waals surface area contributed by atoms with E-state index in [1.54, 1.807) is 26.4 Å². The van der Waals surface area contributed by atoms with Crippen molar-refractivity contribution in [3.63, 3.8) is 0 Å². The smallest absolute Gasteiger partial charge is 0.251 e. The first-order chi connectivity index (χ1) is 9.69. The summed E-state index contributed by atoms with van der Waals surface area (Å²) in [5, 5.41) is 6.42. The molecule has 0 spiro atoms. The van der Waals surface area contributed by atoms with E-state index in [4.69, 9.17) is 9.47 Å². The normalized spacial score (nSPS) is 20.7. The highest BCUT2D eigenvalue weighted by Crippen LogP contribution is 2.19. The van der Waals surface area contributed by atoms with Crippen molar-refractivity contribution in [2.45, 2.75) is 18.4 Å². The van der Waals surface area contributed by atoms with Crippen molar-refractivity contribution in [1.29, 1.82) is 0 Å². The lowest BCUT2D eigenvalue weighted by molar-refractivity contribution is 0.0892. The Morgan fingerprint density at radius 2 is 2.24 bits per heavy atom. The zero-order chi connectivity index (χ0) is 14.4. The predicted molar refractivity (Wildman–Crippen MR) is 84.4 cm³/mol. The molecule has 0 aromatic heterocycles. The molecule has 1 saturated heterocycles. The summed E-state index contributed by atoms with van der Waals surface area (Å²) in [6.07, 6.45) is 2.12. The highest BCUT2D eigenvalue weighted by Gasteiger charge is 2.33. The second kappa shape index (κ2) is 8.22. The molecule has 1 fully saturated rings. The third-order valence-corrected chi connectivity index (χ3v) is 3.67. The monoisotopic (exact) mass is 314 g/mol. The van der Waals surface area contributed by atoms with Gasteiger partial charge in [0.15, 0.2) is 0 Å². The fourth-order valence-corrected chi connectivity index (χ4v) is 2.59. The van der Waals surface area contributed by atoms with E-state index in [0.717, 1.165) is 19.4 Å². The highest BCUT2D eigenvalue weighted by molar-refractivity contribution is 5.94. The van der Waals surface area contributed by atoms with Crippen molar-refractivity contribution in [2.24, 2.45) is 0 Å². The first-order valence-corrected chi connectivity index (χ1v) is 6.85. The number of nitrogens with one attached hydrogen (secondary N) is 2. The second-order valence-electron chi connectivity index (χ2n) is 5.16. The molecule has 1 aromatic rings. The van der Waals surface area contributed by atoms with Crippen LogP contribution in [-0.4, -0.2) is 45.4 Å². The molecule has 1 aromatic carbocycles. The Hall–Kier alpha value is -1.30. The summed E-state index contributed by atoms with van der Waals surface area (Å²) in [6, 6.07) is 7.15. The lowest BCUT2D eigenvalue weighted by Gasteiger charge is -2.29. The number of ether oxygens (including phenoxy) is 2. The van der Waals surface area contributed by atoms with Gasteiger partial charge in [0, 0.05) is 19.2 Å². The number of methoxy groups -OCH3 is 2. The Kier molecular flexibility index (Phi) is 6.95. The average Bonchev–Trinajstić information content (AvgIpc) is 2.94. The zero-order valence-corrected chi connectivity index (χ0v) is 13.3. The third-order valence-electron chi connectivity index (χ3n) is 3.67. The fourth-order valence-electron chi connectivity index (χ4n) is 2.59. The molecule has 1 aliphatic rings. The molecule has 0 bridgehead atoms. The molecule has 1 heterocycles. The van der Waals surface area contributed by atoms with Gasteiger partial charge in [-0.3, -0.25) is 4.79 Å². The largest absolute Gasteiger partial charge is 0.497 e. The predicted octanol–water partition coefficient (Wildman–Crippen LogP) is 1.62. The molecule has 1 unspecified atom stereocenters. The van der Waals surface area contributed by atoms with Gasteiger partial charge in [-0.2, -0.15) is 0 Å². The molecule has 1 atom stereocenters. The standard InChI is InChI=1S/C15H22N2O3.ClH/c1-19-11-15(7-4-8-17-15)10-16-14(18)12-5-3-6-13(9-12)20-2;/h3,5-6,9,17H,4,7-8,10-11H2,1-2H3,(H,16,18);1H. The molecule has 118 valence electrons. The van der Waals surface area contributed by atoms with Crippen LogP contribution in [0.15, 0.2) is 24.3 Å². The zero-order valence-electron chi connectivity index (χ0n) is 12.5. The molecular weight excluding hydrogens is 292 g/mol. The van der Waals surface area contributed by atoms with Crippen LogP contribution in [0.1, 0.15) is 23.2 Å². The quantitative estimate of drug-likeness (QED) is 0.837. The average molecular weight is 315 g/mol. The van der Waals surface area contributed by atoms with Gasteiger partial charge in [-0.1, -0.05) is 6.07 Å². The Bertz CT molecular complexity index is 462. The lowest BCUT2D eigenvalue weighted by atomic mass is 9.98. The van der Waals surface area contributed by atoms with Gasteiger partial charge in [0.05, 0.1) is 19.3 Å². The van der Waals surface area contributed by atoms with Gasteiger partial charge in [-0.15, -0.1) is 12.4 Å². The number of hydrogen-bond donors (Lipinski definition) is 2. The van der Waals surface area contributed by atoms with Crippen molar-refractivity contribution in [1.82, 2.24) is 10.6 Å². The maximum absolute atomic E-state index is 12.2. The summed E-state index contributed by atoms with van der Waals surface area (Å²) in [7, 11) is 3.28. The topological polar surface area (TPSA) is 59.6 Å². The molecule has 1 aliphatic heterocycles. The number of rotatable bonds is 6. The minimum atomic E-state index is -0.136. The minimum absolute atomic E-state index is 0. The van der Waals surface area contributed by atoms with Crippen LogP contribution in [0.5, 0.6) is 5.75 Å². The highest BCUT2D eigenvalue weighted by atomic mass is 35.5. The molecule has 0 saturated carbocycles. The van der Waals surface area contributed by atoms with Gasteiger partial charge in [0.25, 0.3) is 5.91 Å². The molecule has 0 aliphatic carbocycles. The van der Waals surface area contributed by atoms with Crippen LogP contribution < -0.4 is 15.4 Å². The second-order valence-corrected chi connectivity index (χ2v) is 5.16. The summed E-state index contributed by atoms with van der Waals surface area (Å²) in [5.41, 5.74) is 0.471. The van der Waals surface area contributed by atoms with E-state index in [-0.39, 0.29) is 23.9 Å². The molecule has 1 amide bonds. The minimum Gasteiger partial charge on any atom is -0.497 e. The van der Waals surface area contributed by atoms with Gasteiger partial charge in [0.2, 0.25) is 0 Å². The number of benzene rings is 1.